The molecule has 0 radical (unpaired) electrons. The number of ether oxygens (including phenoxy) is 1. The summed E-state index contributed by atoms with van der Waals surface area (Å²) < 4.78 is 6.29. The van der Waals surface area contributed by atoms with Crippen LogP contribution in [0.1, 0.15) is 17.5 Å². The predicted octanol–water partition coefficient (Wildman–Crippen LogP) is 4.22. The number of aryl methyl sites for hydroxylation is 1. The van der Waals surface area contributed by atoms with Gasteiger partial charge in [0.05, 0.1) is 11.6 Å². The molecule has 0 aromatic heterocycles. The first-order valence-electron chi connectivity index (χ1n) is 7.26. The molecule has 0 saturated carbocycles. The molecule has 0 fully saturated rings. The Morgan fingerprint density at radius 2 is 1.86 bits per heavy atom. The maximum atomic E-state index is 5.27. The Labute approximate surface area is 135 Å². The molecule has 21 heavy (non-hydrogen) atoms. The summed E-state index contributed by atoms with van der Waals surface area (Å²) >= 11 is 3.55. The number of nitrogens with one attached hydrogen (secondary N) is 1. The fourth-order valence-corrected chi connectivity index (χ4v) is 3.04. The van der Waals surface area contributed by atoms with Crippen LogP contribution in [0, 0.1) is 0 Å². The molecule has 1 atom stereocenters. The van der Waals surface area contributed by atoms with Gasteiger partial charge in [-0.2, -0.15) is 0 Å². The molecule has 1 N–H and O–H groups in total. The van der Waals surface area contributed by atoms with Gasteiger partial charge in [-0.3, -0.25) is 0 Å². The Morgan fingerprint density at radius 1 is 1.10 bits per heavy atom. The zero-order valence-corrected chi connectivity index (χ0v) is 14.2. The summed E-state index contributed by atoms with van der Waals surface area (Å²) in [4.78, 5) is 0. The lowest BCUT2D eigenvalue weighted by Crippen LogP contribution is -2.28. The zero-order valence-electron chi connectivity index (χ0n) is 12.6. The van der Waals surface area contributed by atoms with Crippen LogP contribution in [0.4, 0.5) is 0 Å². The summed E-state index contributed by atoms with van der Waals surface area (Å²) in [5.74, 6) is 0.879. The van der Waals surface area contributed by atoms with Gasteiger partial charge in [0.2, 0.25) is 0 Å². The molecule has 2 nitrogen and oxygen atoms in total. The minimum absolute atomic E-state index is 0.477. The Balaban J connectivity index is 1.94. The van der Waals surface area contributed by atoms with E-state index in [1.807, 2.05) is 13.1 Å². The summed E-state index contributed by atoms with van der Waals surface area (Å²) in [5, 5.41) is 3.42. The van der Waals surface area contributed by atoms with E-state index in [1.165, 1.54) is 11.1 Å². The molecule has 0 aliphatic rings. The third-order valence-electron chi connectivity index (χ3n) is 3.73. The molecule has 0 amide bonds. The number of hydrogen-bond acceptors (Lipinski definition) is 2. The normalized spacial score (nSPS) is 12.1. The lowest BCUT2D eigenvalue weighted by molar-refractivity contribution is 0.411. The summed E-state index contributed by atoms with van der Waals surface area (Å²) in [6.07, 6.45) is 3.25. The van der Waals surface area contributed by atoms with Crippen molar-refractivity contribution in [3.63, 3.8) is 0 Å². The van der Waals surface area contributed by atoms with Gasteiger partial charge in [-0.05, 0) is 65.5 Å². The third-order valence-corrected chi connectivity index (χ3v) is 4.35. The van der Waals surface area contributed by atoms with Crippen molar-refractivity contribution in [3.05, 3.63) is 64.1 Å². The van der Waals surface area contributed by atoms with E-state index in [2.05, 4.69) is 63.7 Å². The number of rotatable bonds is 7. The average molecular weight is 348 g/mol. The molecule has 0 saturated heterocycles. The molecule has 0 aliphatic heterocycles. The summed E-state index contributed by atoms with van der Waals surface area (Å²) in [6.45, 7) is 0. The molecular weight excluding hydrogens is 326 g/mol. The standard InChI is InChI=1S/C18H22BrNO/c1-20-16(10-8-14-6-4-3-5-7-14)12-15-9-11-18(21-2)17(19)13-15/h3-7,9,11,13,16,20H,8,10,12H2,1-2H3. The predicted molar refractivity (Wildman–Crippen MR) is 92.0 cm³/mol. The van der Waals surface area contributed by atoms with Crippen molar-refractivity contribution < 1.29 is 4.74 Å². The van der Waals surface area contributed by atoms with E-state index < -0.39 is 0 Å². The number of hydrogen-bond donors (Lipinski definition) is 1. The van der Waals surface area contributed by atoms with E-state index in [0.717, 1.165) is 29.5 Å². The van der Waals surface area contributed by atoms with Crippen molar-refractivity contribution in [1.82, 2.24) is 5.32 Å². The fourth-order valence-electron chi connectivity index (χ4n) is 2.46. The van der Waals surface area contributed by atoms with Crippen LogP contribution in [-0.4, -0.2) is 20.2 Å². The second-order valence-electron chi connectivity index (χ2n) is 5.18. The maximum Gasteiger partial charge on any atom is 0.133 e. The number of likely N-dealkylation sites (N-methyl/N-ethyl adjacent to an activating group) is 1. The third kappa shape index (κ3) is 4.87. The Hall–Kier alpha value is -1.32. The second-order valence-corrected chi connectivity index (χ2v) is 6.04. The van der Waals surface area contributed by atoms with Gasteiger partial charge in [0.15, 0.2) is 0 Å². The lowest BCUT2D eigenvalue weighted by Gasteiger charge is -2.17. The van der Waals surface area contributed by atoms with Crippen molar-refractivity contribution >= 4 is 15.9 Å². The fraction of sp³-hybridized carbons (Fsp3) is 0.333. The smallest absolute Gasteiger partial charge is 0.133 e. The van der Waals surface area contributed by atoms with E-state index in [4.69, 9.17) is 4.74 Å². The topological polar surface area (TPSA) is 21.3 Å². The molecule has 0 aliphatic carbocycles. The van der Waals surface area contributed by atoms with Crippen LogP contribution >= 0.6 is 15.9 Å². The van der Waals surface area contributed by atoms with Crippen molar-refractivity contribution in [2.24, 2.45) is 0 Å². The maximum absolute atomic E-state index is 5.27. The molecule has 2 aromatic rings. The van der Waals surface area contributed by atoms with Crippen LogP contribution in [0.2, 0.25) is 0 Å². The largest absolute Gasteiger partial charge is 0.496 e. The summed E-state index contributed by atoms with van der Waals surface area (Å²) in [5.41, 5.74) is 2.71. The van der Waals surface area contributed by atoms with Gasteiger partial charge in [0.1, 0.15) is 5.75 Å². The number of methoxy groups -OCH3 is 1. The van der Waals surface area contributed by atoms with Gasteiger partial charge in [0.25, 0.3) is 0 Å². The highest BCUT2D eigenvalue weighted by Crippen LogP contribution is 2.26. The van der Waals surface area contributed by atoms with Gasteiger partial charge in [-0.25, -0.2) is 0 Å². The van der Waals surface area contributed by atoms with Gasteiger partial charge in [-0.1, -0.05) is 36.4 Å². The molecule has 2 aromatic carbocycles. The minimum Gasteiger partial charge on any atom is -0.496 e. The van der Waals surface area contributed by atoms with Crippen LogP contribution in [0.3, 0.4) is 0 Å². The van der Waals surface area contributed by atoms with E-state index >= 15 is 0 Å². The van der Waals surface area contributed by atoms with Crippen LogP contribution in [0.25, 0.3) is 0 Å². The first kappa shape index (κ1) is 16.1. The number of benzene rings is 2. The molecule has 0 spiro atoms. The van der Waals surface area contributed by atoms with Crippen molar-refractivity contribution in [1.29, 1.82) is 0 Å². The van der Waals surface area contributed by atoms with Gasteiger partial charge >= 0.3 is 0 Å². The molecule has 3 heteroatoms. The quantitative estimate of drug-likeness (QED) is 0.809. The van der Waals surface area contributed by atoms with Crippen LogP contribution in [0.15, 0.2) is 53.0 Å². The van der Waals surface area contributed by atoms with Gasteiger partial charge in [0, 0.05) is 6.04 Å². The Bertz CT molecular complexity index is 556. The SMILES string of the molecule is CNC(CCc1ccccc1)Cc1ccc(OC)c(Br)c1. The first-order chi connectivity index (χ1) is 10.2. The van der Waals surface area contributed by atoms with E-state index in [1.54, 1.807) is 7.11 Å². The van der Waals surface area contributed by atoms with E-state index in [9.17, 15) is 0 Å². The van der Waals surface area contributed by atoms with Crippen molar-refractivity contribution in [3.8, 4) is 5.75 Å². The van der Waals surface area contributed by atoms with E-state index in [0.29, 0.717) is 6.04 Å². The molecule has 112 valence electrons. The highest BCUT2D eigenvalue weighted by molar-refractivity contribution is 9.10. The van der Waals surface area contributed by atoms with Gasteiger partial charge < -0.3 is 10.1 Å². The molecule has 1 unspecified atom stereocenters. The highest BCUT2D eigenvalue weighted by atomic mass is 79.9. The van der Waals surface area contributed by atoms with E-state index in [-0.39, 0.29) is 0 Å². The average Bonchev–Trinajstić information content (AvgIpc) is 2.52. The Kier molecular flexibility index (Phi) is 6.27. The molecular formula is C18H22BrNO. The second kappa shape index (κ2) is 8.20. The molecule has 0 heterocycles. The Morgan fingerprint density at radius 3 is 2.48 bits per heavy atom. The minimum atomic E-state index is 0.477. The van der Waals surface area contributed by atoms with Crippen LogP contribution in [0.5, 0.6) is 5.75 Å². The molecule has 2 rings (SSSR count). The van der Waals surface area contributed by atoms with Crippen molar-refractivity contribution in [2.45, 2.75) is 25.3 Å². The number of halogens is 1. The van der Waals surface area contributed by atoms with Crippen molar-refractivity contribution in [2.75, 3.05) is 14.2 Å². The summed E-state index contributed by atoms with van der Waals surface area (Å²) in [7, 11) is 3.73. The highest BCUT2D eigenvalue weighted by Gasteiger charge is 2.09. The van der Waals surface area contributed by atoms with Crippen LogP contribution < -0.4 is 10.1 Å². The zero-order chi connectivity index (χ0) is 15.1. The van der Waals surface area contributed by atoms with Gasteiger partial charge in [-0.15, -0.1) is 0 Å². The van der Waals surface area contributed by atoms with Crippen LogP contribution in [-0.2, 0) is 12.8 Å². The lowest BCUT2D eigenvalue weighted by atomic mass is 9.99. The first-order valence-corrected chi connectivity index (χ1v) is 8.06. The monoisotopic (exact) mass is 347 g/mol. The summed E-state index contributed by atoms with van der Waals surface area (Å²) in [6, 6.07) is 17.4. The molecule has 0 bridgehead atoms.